The minimum Gasteiger partial charge on any atom is -0.349 e. The third-order valence-corrected chi connectivity index (χ3v) is 5.06. The lowest BCUT2D eigenvalue weighted by atomic mass is 9.98. The van der Waals surface area contributed by atoms with Crippen LogP contribution < -0.4 is 10.6 Å². The molecule has 0 saturated heterocycles. The summed E-state index contributed by atoms with van der Waals surface area (Å²) in [6.07, 6.45) is 14.8. The smallest absolute Gasteiger partial charge is 0.263 e. The number of anilines is 1. The van der Waals surface area contributed by atoms with E-state index in [-0.39, 0.29) is 17.5 Å². The number of nitriles is 1. The molecule has 5 heteroatoms. The number of nitrogens with zero attached hydrogens (tertiary/aromatic N) is 2. The van der Waals surface area contributed by atoms with Crippen molar-refractivity contribution in [1.82, 2.24) is 10.3 Å². The van der Waals surface area contributed by atoms with Gasteiger partial charge in [-0.15, -0.1) is 0 Å². The molecule has 1 aliphatic rings. The first-order chi connectivity index (χ1) is 13.2. The highest BCUT2D eigenvalue weighted by Crippen LogP contribution is 2.17. The van der Waals surface area contributed by atoms with Crippen LogP contribution in [0.15, 0.2) is 30.0 Å². The van der Waals surface area contributed by atoms with Crippen molar-refractivity contribution in [2.45, 2.75) is 83.6 Å². The van der Waals surface area contributed by atoms with Crippen molar-refractivity contribution >= 4 is 11.7 Å². The summed E-state index contributed by atoms with van der Waals surface area (Å²) in [4.78, 5) is 16.9. The van der Waals surface area contributed by atoms with Crippen molar-refractivity contribution in [3.05, 3.63) is 35.7 Å². The summed E-state index contributed by atoms with van der Waals surface area (Å²) in [6, 6.07) is 7.75. The van der Waals surface area contributed by atoms with Crippen molar-refractivity contribution in [3.8, 4) is 6.07 Å². The maximum atomic E-state index is 12.5. The van der Waals surface area contributed by atoms with Gasteiger partial charge in [0.05, 0.1) is 0 Å². The zero-order chi connectivity index (χ0) is 19.3. The monoisotopic (exact) mass is 368 g/mol. The Balaban J connectivity index is 1.91. The van der Waals surface area contributed by atoms with Crippen LogP contribution >= 0.6 is 0 Å². The lowest BCUT2D eigenvalue weighted by Crippen LogP contribution is -2.35. The maximum absolute atomic E-state index is 12.5. The molecule has 5 nitrogen and oxygen atoms in total. The van der Waals surface area contributed by atoms with Crippen LogP contribution in [0.1, 0.15) is 76.3 Å². The average molecular weight is 369 g/mol. The van der Waals surface area contributed by atoms with Gasteiger partial charge in [-0.3, -0.25) is 4.79 Å². The zero-order valence-corrected chi connectivity index (χ0v) is 16.5. The fourth-order valence-electron chi connectivity index (χ4n) is 3.49. The summed E-state index contributed by atoms with van der Waals surface area (Å²) >= 11 is 0. The second-order valence-corrected chi connectivity index (χ2v) is 7.41. The average Bonchev–Trinajstić information content (AvgIpc) is 2.64. The SMILES string of the molecule is Cc1cccc(N/C=C(/C#N)C(=O)NC2CCCCCCCCCCC2)n1. The lowest BCUT2D eigenvalue weighted by molar-refractivity contribution is -0.117. The van der Waals surface area contributed by atoms with E-state index in [0.29, 0.717) is 5.82 Å². The molecule has 0 aliphatic heterocycles. The van der Waals surface area contributed by atoms with E-state index in [9.17, 15) is 10.1 Å². The molecule has 1 aromatic rings. The zero-order valence-electron chi connectivity index (χ0n) is 16.5. The Morgan fingerprint density at radius 3 is 2.22 bits per heavy atom. The molecule has 1 aromatic heterocycles. The van der Waals surface area contributed by atoms with Gasteiger partial charge in [0.1, 0.15) is 17.5 Å². The summed E-state index contributed by atoms with van der Waals surface area (Å²) in [6.45, 7) is 1.90. The van der Waals surface area contributed by atoms with Crippen LogP contribution in [0.5, 0.6) is 0 Å². The Kier molecular flexibility index (Phi) is 9.40. The van der Waals surface area contributed by atoms with Crippen LogP contribution in [0.2, 0.25) is 0 Å². The predicted octanol–water partition coefficient (Wildman–Crippen LogP) is 5.00. The van der Waals surface area contributed by atoms with E-state index >= 15 is 0 Å². The number of carbonyl (C=O) groups is 1. The van der Waals surface area contributed by atoms with Gasteiger partial charge in [-0.1, -0.05) is 63.9 Å². The van der Waals surface area contributed by atoms with E-state index in [1.165, 1.54) is 51.1 Å². The maximum Gasteiger partial charge on any atom is 0.263 e. The number of rotatable bonds is 4. The van der Waals surface area contributed by atoms with Gasteiger partial charge < -0.3 is 10.6 Å². The molecule has 0 radical (unpaired) electrons. The summed E-state index contributed by atoms with van der Waals surface area (Å²) < 4.78 is 0. The third-order valence-electron chi connectivity index (χ3n) is 5.06. The number of hydrogen-bond acceptors (Lipinski definition) is 4. The van der Waals surface area contributed by atoms with E-state index in [4.69, 9.17) is 0 Å². The number of nitrogens with one attached hydrogen (secondary N) is 2. The summed E-state index contributed by atoms with van der Waals surface area (Å²) in [5.74, 6) is 0.330. The van der Waals surface area contributed by atoms with Gasteiger partial charge in [-0.05, 0) is 31.9 Å². The summed E-state index contributed by atoms with van der Waals surface area (Å²) in [7, 11) is 0. The quantitative estimate of drug-likeness (QED) is 0.579. The van der Waals surface area contributed by atoms with Crippen LogP contribution in [0, 0.1) is 18.3 Å². The molecule has 1 saturated carbocycles. The first-order valence-corrected chi connectivity index (χ1v) is 10.3. The van der Waals surface area contributed by atoms with Crippen molar-refractivity contribution in [1.29, 1.82) is 5.26 Å². The molecule has 27 heavy (non-hydrogen) atoms. The molecule has 2 rings (SSSR count). The van der Waals surface area contributed by atoms with Gasteiger partial charge in [0, 0.05) is 17.9 Å². The van der Waals surface area contributed by atoms with Crippen molar-refractivity contribution in [2.24, 2.45) is 0 Å². The molecular weight excluding hydrogens is 336 g/mol. The Hall–Kier alpha value is -2.35. The Morgan fingerprint density at radius 2 is 1.67 bits per heavy atom. The van der Waals surface area contributed by atoms with Crippen molar-refractivity contribution < 1.29 is 4.79 Å². The van der Waals surface area contributed by atoms with Crippen LogP contribution in [0.4, 0.5) is 5.82 Å². The Labute approximate surface area is 163 Å². The Morgan fingerprint density at radius 1 is 1.07 bits per heavy atom. The molecule has 1 amide bonds. The van der Waals surface area contributed by atoms with Crippen LogP contribution in [0.3, 0.4) is 0 Å². The highest BCUT2D eigenvalue weighted by molar-refractivity contribution is 5.97. The number of pyridine rings is 1. The number of carbonyl (C=O) groups excluding carboxylic acids is 1. The second-order valence-electron chi connectivity index (χ2n) is 7.41. The molecule has 1 fully saturated rings. The van der Waals surface area contributed by atoms with Gasteiger partial charge in [0.25, 0.3) is 5.91 Å². The number of hydrogen-bond donors (Lipinski definition) is 2. The van der Waals surface area contributed by atoms with Crippen LogP contribution in [-0.4, -0.2) is 16.9 Å². The minimum absolute atomic E-state index is 0.0874. The van der Waals surface area contributed by atoms with E-state index in [2.05, 4.69) is 15.6 Å². The first-order valence-electron chi connectivity index (χ1n) is 10.3. The van der Waals surface area contributed by atoms with Gasteiger partial charge in [0.2, 0.25) is 0 Å². The second kappa shape index (κ2) is 12.1. The van der Waals surface area contributed by atoms with Crippen LogP contribution in [-0.2, 0) is 4.79 Å². The first kappa shape index (κ1) is 21.0. The van der Waals surface area contributed by atoms with Gasteiger partial charge in [-0.2, -0.15) is 5.26 Å². The molecule has 0 unspecified atom stereocenters. The highest BCUT2D eigenvalue weighted by atomic mass is 16.1. The fraction of sp³-hybridized carbons (Fsp3) is 0.591. The van der Waals surface area contributed by atoms with E-state index in [1.54, 1.807) is 0 Å². The van der Waals surface area contributed by atoms with Gasteiger partial charge in [0.15, 0.2) is 0 Å². The molecule has 0 aromatic carbocycles. The van der Waals surface area contributed by atoms with E-state index < -0.39 is 0 Å². The number of aromatic nitrogens is 1. The normalized spacial score (nSPS) is 17.9. The largest absolute Gasteiger partial charge is 0.349 e. The van der Waals surface area contributed by atoms with E-state index in [0.717, 1.165) is 31.4 Å². The molecule has 0 bridgehead atoms. The highest BCUT2D eigenvalue weighted by Gasteiger charge is 2.16. The van der Waals surface area contributed by atoms with Crippen molar-refractivity contribution in [3.63, 3.8) is 0 Å². The summed E-state index contributed by atoms with van der Waals surface area (Å²) in [5, 5.41) is 15.4. The number of aryl methyl sites for hydroxylation is 1. The molecule has 2 N–H and O–H groups in total. The lowest BCUT2D eigenvalue weighted by Gasteiger charge is -2.19. The summed E-state index contributed by atoms with van der Waals surface area (Å²) in [5.41, 5.74) is 0.967. The molecule has 146 valence electrons. The fourth-order valence-corrected chi connectivity index (χ4v) is 3.49. The van der Waals surface area contributed by atoms with Gasteiger partial charge in [-0.25, -0.2) is 4.98 Å². The van der Waals surface area contributed by atoms with Crippen molar-refractivity contribution in [2.75, 3.05) is 5.32 Å². The predicted molar refractivity (Wildman–Crippen MR) is 109 cm³/mol. The molecule has 0 atom stereocenters. The standard InChI is InChI=1S/C22H32N4O/c1-18-12-11-15-21(25-18)24-17-19(16-23)22(27)26-20-13-9-7-5-3-2-4-6-8-10-14-20/h11-12,15,17,20H,2-10,13-14H2,1H3,(H,24,25)(H,26,27)/b19-17-. The molecule has 1 heterocycles. The topological polar surface area (TPSA) is 77.8 Å². The molecule has 0 spiro atoms. The Bertz CT molecular complexity index is 651. The third kappa shape index (κ3) is 8.25. The molecular formula is C22H32N4O. The van der Waals surface area contributed by atoms with Gasteiger partial charge >= 0.3 is 0 Å². The number of amides is 1. The molecule has 1 aliphatic carbocycles. The minimum atomic E-state index is -0.297. The van der Waals surface area contributed by atoms with Crippen LogP contribution in [0.25, 0.3) is 0 Å². The van der Waals surface area contributed by atoms with E-state index in [1.807, 2.05) is 31.2 Å².